The minimum atomic E-state index is -0.762. The van der Waals surface area contributed by atoms with Gasteiger partial charge in [-0.25, -0.2) is 8.78 Å². The van der Waals surface area contributed by atoms with Gasteiger partial charge in [0.15, 0.2) is 0 Å². The Morgan fingerprint density at radius 3 is 3.00 bits per heavy atom. The number of nitrogens with one attached hydrogen (secondary N) is 1. The molecule has 0 saturated carbocycles. The summed E-state index contributed by atoms with van der Waals surface area (Å²) in [5.74, 6) is -1.41. The molecule has 2 aromatic rings. The van der Waals surface area contributed by atoms with E-state index in [1.807, 2.05) is 0 Å². The van der Waals surface area contributed by atoms with E-state index < -0.39 is 17.5 Å². The Labute approximate surface area is 126 Å². The minimum Gasteiger partial charge on any atom is -0.383 e. The summed E-state index contributed by atoms with van der Waals surface area (Å²) in [5, 5.41) is 10.3. The molecule has 1 N–H and O–H groups in total. The van der Waals surface area contributed by atoms with E-state index >= 15 is 0 Å². The fraction of sp³-hybridized carbons (Fsp3) is 0.357. The molecule has 1 heterocycles. The van der Waals surface area contributed by atoms with E-state index in [4.69, 9.17) is 4.74 Å². The molecule has 22 heavy (non-hydrogen) atoms. The number of methoxy groups -OCH3 is 1. The van der Waals surface area contributed by atoms with Crippen molar-refractivity contribution >= 4 is 5.91 Å². The lowest BCUT2D eigenvalue weighted by Gasteiger charge is -2.08. The van der Waals surface area contributed by atoms with Gasteiger partial charge in [0.25, 0.3) is 5.91 Å². The summed E-state index contributed by atoms with van der Waals surface area (Å²) in [4.78, 5) is 11.8. The largest absolute Gasteiger partial charge is 0.383 e. The summed E-state index contributed by atoms with van der Waals surface area (Å²) in [6, 6.07) is 2.75. The normalized spacial score (nSPS) is 10.7. The second-order valence-electron chi connectivity index (χ2n) is 4.56. The highest BCUT2D eigenvalue weighted by Gasteiger charge is 2.13. The van der Waals surface area contributed by atoms with Crippen LogP contribution in [0, 0.1) is 11.6 Å². The van der Waals surface area contributed by atoms with Gasteiger partial charge in [0.05, 0.1) is 12.2 Å². The number of hydrogen-bond donors (Lipinski definition) is 1. The predicted octanol–water partition coefficient (Wildman–Crippen LogP) is 1.18. The zero-order valence-corrected chi connectivity index (χ0v) is 12.1. The average molecular weight is 310 g/mol. The van der Waals surface area contributed by atoms with Crippen LogP contribution in [0.4, 0.5) is 8.78 Å². The minimum absolute atomic E-state index is 0.237. The summed E-state index contributed by atoms with van der Waals surface area (Å²) in [6.07, 6.45) is 1.99. The topological polar surface area (TPSA) is 69.0 Å². The van der Waals surface area contributed by atoms with E-state index in [9.17, 15) is 13.6 Å². The van der Waals surface area contributed by atoms with E-state index in [0.29, 0.717) is 25.4 Å². The Balaban J connectivity index is 1.89. The molecule has 118 valence electrons. The first-order valence-electron chi connectivity index (χ1n) is 6.70. The maximum atomic E-state index is 13.5. The van der Waals surface area contributed by atoms with Gasteiger partial charge in [0.1, 0.15) is 23.8 Å². The van der Waals surface area contributed by atoms with E-state index in [-0.39, 0.29) is 12.1 Å². The van der Waals surface area contributed by atoms with Crippen LogP contribution in [-0.2, 0) is 17.7 Å². The Morgan fingerprint density at radius 1 is 1.41 bits per heavy atom. The third-order valence-electron chi connectivity index (χ3n) is 3.04. The van der Waals surface area contributed by atoms with Gasteiger partial charge in [-0.3, -0.25) is 4.79 Å². The Morgan fingerprint density at radius 2 is 2.23 bits per heavy atom. The molecule has 0 unspecified atom stereocenters. The molecule has 0 bridgehead atoms. The maximum Gasteiger partial charge on any atom is 0.254 e. The molecule has 0 fully saturated rings. The second-order valence-corrected chi connectivity index (χ2v) is 4.56. The number of rotatable bonds is 7. The number of nitrogens with zero attached hydrogens (tertiary/aromatic N) is 3. The monoisotopic (exact) mass is 310 g/mol. The molecular formula is C14H16F2N4O2. The van der Waals surface area contributed by atoms with Crippen molar-refractivity contribution in [1.82, 2.24) is 20.1 Å². The van der Waals surface area contributed by atoms with Gasteiger partial charge in [-0.15, -0.1) is 10.2 Å². The predicted molar refractivity (Wildman–Crippen MR) is 74.3 cm³/mol. The van der Waals surface area contributed by atoms with Crippen LogP contribution in [0.2, 0.25) is 0 Å². The highest BCUT2D eigenvalue weighted by atomic mass is 19.1. The van der Waals surface area contributed by atoms with Crippen molar-refractivity contribution in [2.24, 2.45) is 0 Å². The SMILES string of the molecule is COCCn1cnnc1CCNC(=O)c1cc(F)ccc1F. The number of aromatic nitrogens is 3. The Kier molecular flexibility index (Phi) is 5.54. The number of hydrogen-bond acceptors (Lipinski definition) is 4. The first-order valence-corrected chi connectivity index (χ1v) is 6.70. The van der Waals surface area contributed by atoms with Gasteiger partial charge in [-0.2, -0.15) is 0 Å². The van der Waals surface area contributed by atoms with Gasteiger partial charge in [0.2, 0.25) is 0 Å². The molecule has 1 amide bonds. The summed E-state index contributed by atoms with van der Waals surface area (Å²) in [5.41, 5.74) is -0.319. The van der Waals surface area contributed by atoms with Crippen LogP contribution >= 0.6 is 0 Å². The Bertz CT molecular complexity index is 646. The molecule has 6 nitrogen and oxygen atoms in total. The van der Waals surface area contributed by atoms with Crippen molar-refractivity contribution in [2.75, 3.05) is 20.3 Å². The number of amides is 1. The highest BCUT2D eigenvalue weighted by molar-refractivity contribution is 5.94. The molecule has 2 rings (SSSR count). The van der Waals surface area contributed by atoms with Gasteiger partial charge in [0, 0.05) is 26.6 Å². The lowest BCUT2D eigenvalue weighted by molar-refractivity contribution is 0.0949. The first kappa shape index (κ1) is 16.0. The molecule has 0 saturated heterocycles. The molecular weight excluding hydrogens is 294 g/mol. The third-order valence-corrected chi connectivity index (χ3v) is 3.04. The van der Waals surface area contributed by atoms with Crippen LogP contribution in [0.3, 0.4) is 0 Å². The molecule has 0 radical (unpaired) electrons. The lowest BCUT2D eigenvalue weighted by atomic mass is 10.2. The maximum absolute atomic E-state index is 13.5. The van der Waals surface area contributed by atoms with E-state index in [0.717, 1.165) is 18.2 Å². The molecule has 0 atom stereocenters. The van der Waals surface area contributed by atoms with Crippen molar-refractivity contribution in [3.63, 3.8) is 0 Å². The van der Waals surface area contributed by atoms with Gasteiger partial charge >= 0.3 is 0 Å². The first-order chi connectivity index (χ1) is 10.6. The Hall–Kier alpha value is -2.35. The number of halogens is 2. The van der Waals surface area contributed by atoms with Crippen molar-refractivity contribution in [3.05, 3.63) is 47.5 Å². The summed E-state index contributed by atoms with van der Waals surface area (Å²) in [7, 11) is 1.60. The van der Waals surface area contributed by atoms with Crippen LogP contribution in [-0.4, -0.2) is 40.9 Å². The van der Waals surface area contributed by atoms with E-state index in [1.165, 1.54) is 0 Å². The molecule has 1 aromatic carbocycles. The third kappa shape index (κ3) is 4.08. The van der Waals surface area contributed by atoms with Crippen molar-refractivity contribution < 1.29 is 18.3 Å². The van der Waals surface area contributed by atoms with Gasteiger partial charge in [-0.1, -0.05) is 0 Å². The van der Waals surface area contributed by atoms with Crippen LogP contribution < -0.4 is 5.32 Å². The number of benzene rings is 1. The smallest absolute Gasteiger partial charge is 0.254 e. The number of carbonyl (C=O) groups is 1. The number of carbonyl (C=O) groups excluding carboxylic acids is 1. The van der Waals surface area contributed by atoms with Crippen LogP contribution in [0.1, 0.15) is 16.2 Å². The lowest BCUT2D eigenvalue weighted by Crippen LogP contribution is -2.27. The molecule has 8 heteroatoms. The van der Waals surface area contributed by atoms with Crippen molar-refractivity contribution in [1.29, 1.82) is 0 Å². The summed E-state index contributed by atoms with van der Waals surface area (Å²) < 4.78 is 33.3. The molecule has 0 aliphatic carbocycles. The summed E-state index contributed by atoms with van der Waals surface area (Å²) >= 11 is 0. The van der Waals surface area contributed by atoms with Crippen molar-refractivity contribution in [3.8, 4) is 0 Å². The zero-order chi connectivity index (χ0) is 15.9. The quantitative estimate of drug-likeness (QED) is 0.833. The molecule has 0 aliphatic rings. The molecule has 0 aliphatic heterocycles. The molecule has 0 spiro atoms. The summed E-state index contributed by atoms with van der Waals surface area (Å²) in [6.45, 7) is 1.36. The standard InChI is InChI=1S/C14H16F2N4O2/c1-22-7-6-20-9-18-19-13(20)4-5-17-14(21)11-8-10(15)2-3-12(11)16/h2-3,8-9H,4-7H2,1H3,(H,17,21). The van der Waals surface area contributed by atoms with Crippen LogP contribution in [0.5, 0.6) is 0 Å². The second kappa shape index (κ2) is 7.60. The van der Waals surface area contributed by atoms with Gasteiger partial charge < -0.3 is 14.6 Å². The zero-order valence-electron chi connectivity index (χ0n) is 12.1. The molecule has 1 aromatic heterocycles. The fourth-order valence-electron chi connectivity index (χ4n) is 1.90. The highest BCUT2D eigenvalue weighted by Crippen LogP contribution is 2.09. The van der Waals surface area contributed by atoms with E-state index in [1.54, 1.807) is 18.0 Å². The number of ether oxygens (including phenoxy) is 1. The van der Waals surface area contributed by atoms with Crippen LogP contribution in [0.25, 0.3) is 0 Å². The van der Waals surface area contributed by atoms with Crippen LogP contribution in [0.15, 0.2) is 24.5 Å². The van der Waals surface area contributed by atoms with Crippen molar-refractivity contribution in [2.45, 2.75) is 13.0 Å². The van der Waals surface area contributed by atoms with E-state index in [2.05, 4.69) is 15.5 Å². The fourth-order valence-corrected chi connectivity index (χ4v) is 1.90. The van der Waals surface area contributed by atoms with Gasteiger partial charge in [-0.05, 0) is 18.2 Å². The average Bonchev–Trinajstić information content (AvgIpc) is 2.95.